The van der Waals surface area contributed by atoms with Crippen molar-refractivity contribution < 1.29 is 4.79 Å². The summed E-state index contributed by atoms with van der Waals surface area (Å²) in [6.45, 7) is 0. The Morgan fingerprint density at radius 2 is 1.85 bits per heavy atom. The van der Waals surface area contributed by atoms with E-state index < -0.39 is 0 Å². The smallest absolute Gasteiger partial charge is 0.254 e. The monoisotopic (exact) mass is 345 g/mol. The van der Waals surface area contributed by atoms with Crippen LogP contribution in [0, 0.1) is 0 Å². The van der Waals surface area contributed by atoms with Gasteiger partial charge in [-0.15, -0.1) is 0 Å². The highest BCUT2D eigenvalue weighted by atomic mass is 16.2. The molecule has 0 saturated heterocycles. The Morgan fingerprint density at radius 3 is 2.62 bits per heavy atom. The Labute approximate surface area is 149 Å². The molecule has 0 fully saturated rings. The number of carbonyl (C=O) groups excluding carboxylic acids is 1. The van der Waals surface area contributed by atoms with Crippen LogP contribution in [0.4, 0.5) is 0 Å². The molecule has 128 valence electrons. The molecule has 0 aliphatic carbocycles. The van der Waals surface area contributed by atoms with Crippen LogP contribution < -0.4 is 0 Å². The van der Waals surface area contributed by atoms with Crippen LogP contribution in [0.3, 0.4) is 0 Å². The summed E-state index contributed by atoms with van der Waals surface area (Å²) < 4.78 is 0. The lowest BCUT2D eigenvalue weighted by Gasteiger charge is -2.10. The van der Waals surface area contributed by atoms with Gasteiger partial charge < -0.3 is 4.90 Å². The van der Waals surface area contributed by atoms with Crippen molar-refractivity contribution in [1.29, 1.82) is 0 Å². The van der Waals surface area contributed by atoms with Crippen molar-refractivity contribution in [3.8, 4) is 22.5 Å². The lowest BCUT2D eigenvalue weighted by atomic mass is 10.1. The van der Waals surface area contributed by atoms with Gasteiger partial charge >= 0.3 is 0 Å². The fourth-order valence-electron chi connectivity index (χ4n) is 2.64. The van der Waals surface area contributed by atoms with Crippen LogP contribution in [0.15, 0.2) is 49.3 Å². The zero-order chi connectivity index (χ0) is 18.1. The van der Waals surface area contributed by atoms with Crippen molar-refractivity contribution in [2.24, 2.45) is 0 Å². The van der Waals surface area contributed by atoms with Gasteiger partial charge in [0.05, 0.1) is 16.6 Å². The highest BCUT2D eigenvalue weighted by Crippen LogP contribution is 2.27. The zero-order valence-corrected chi connectivity index (χ0v) is 14.2. The van der Waals surface area contributed by atoms with Gasteiger partial charge in [0.25, 0.3) is 5.91 Å². The lowest BCUT2D eigenvalue weighted by Crippen LogP contribution is -2.21. The maximum Gasteiger partial charge on any atom is 0.254 e. The number of nitrogens with zero attached hydrogens (tertiary/aromatic N) is 6. The molecule has 4 aromatic heterocycles. The van der Waals surface area contributed by atoms with Gasteiger partial charge in [0.1, 0.15) is 12.0 Å². The van der Waals surface area contributed by atoms with E-state index in [0.29, 0.717) is 11.2 Å². The van der Waals surface area contributed by atoms with Crippen molar-refractivity contribution in [2.75, 3.05) is 14.1 Å². The predicted molar refractivity (Wildman–Crippen MR) is 96.2 cm³/mol. The van der Waals surface area contributed by atoms with E-state index in [4.69, 9.17) is 0 Å². The van der Waals surface area contributed by atoms with Crippen LogP contribution in [0.2, 0.25) is 0 Å². The number of H-pyrrole nitrogens is 1. The Balaban J connectivity index is 1.71. The first-order valence-electron chi connectivity index (χ1n) is 7.91. The number of fused-ring (bicyclic) bond motifs is 1. The summed E-state index contributed by atoms with van der Waals surface area (Å²) in [6, 6.07) is 5.52. The largest absolute Gasteiger partial charge is 0.345 e. The Hall–Kier alpha value is -3.68. The third-order valence-electron chi connectivity index (χ3n) is 3.97. The van der Waals surface area contributed by atoms with Gasteiger partial charge in [-0.2, -0.15) is 5.10 Å². The number of aromatic amines is 1. The Kier molecular flexibility index (Phi) is 3.85. The molecule has 0 unspecified atom stereocenters. The van der Waals surface area contributed by atoms with E-state index in [9.17, 15) is 4.79 Å². The predicted octanol–water partition coefficient (Wildman–Crippen LogP) is 2.18. The minimum atomic E-state index is -0.0843. The van der Waals surface area contributed by atoms with E-state index in [-0.39, 0.29) is 5.91 Å². The number of pyridine rings is 2. The van der Waals surface area contributed by atoms with Crippen LogP contribution in [-0.4, -0.2) is 55.0 Å². The summed E-state index contributed by atoms with van der Waals surface area (Å²) in [4.78, 5) is 30.4. The second-order valence-corrected chi connectivity index (χ2v) is 5.95. The molecule has 0 aliphatic heterocycles. The second-order valence-electron chi connectivity index (χ2n) is 5.95. The highest BCUT2D eigenvalue weighted by Gasteiger charge is 2.12. The molecule has 4 heterocycles. The van der Waals surface area contributed by atoms with Crippen LogP contribution in [-0.2, 0) is 0 Å². The average molecular weight is 345 g/mol. The van der Waals surface area contributed by atoms with Gasteiger partial charge in [0.2, 0.25) is 0 Å². The molecule has 0 saturated carbocycles. The first kappa shape index (κ1) is 15.8. The first-order valence-corrected chi connectivity index (χ1v) is 7.91. The minimum Gasteiger partial charge on any atom is -0.345 e. The highest BCUT2D eigenvalue weighted by molar-refractivity contribution is 5.94. The van der Waals surface area contributed by atoms with E-state index in [1.807, 2.05) is 12.1 Å². The molecular weight excluding hydrogens is 330 g/mol. The van der Waals surface area contributed by atoms with Gasteiger partial charge in [0, 0.05) is 50.0 Å². The molecule has 0 atom stereocenters. The number of hydrogen-bond donors (Lipinski definition) is 1. The van der Waals surface area contributed by atoms with Crippen LogP contribution >= 0.6 is 0 Å². The molecule has 0 radical (unpaired) electrons. The molecule has 4 rings (SSSR count). The Bertz CT molecular complexity index is 1090. The molecule has 8 heteroatoms. The number of hydrogen-bond acceptors (Lipinski definition) is 6. The number of rotatable bonds is 3. The van der Waals surface area contributed by atoms with E-state index in [2.05, 4.69) is 30.1 Å². The van der Waals surface area contributed by atoms with Gasteiger partial charge in [-0.05, 0) is 18.2 Å². The summed E-state index contributed by atoms with van der Waals surface area (Å²) in [7, 11) is 3.42. The van der Waals surface area contributed by atoms with Gasteiger partial charge in [-0.1, -0.05) is 0 Å². The SMILES string of the molecule is CN(C)C(=O)c1ccc(-c2cncc(-c3n[nH]c4ncncc34)c2)nc1. The molecule has 0 aromatic carbocycles. The summed E-state index contributed by atoms with van der Waals surface area (Å²) in [6.07, 6.45) is 8.22. The van der Waals surface area contributed by atoms with Crippen molar-refractivity contribution in [3.63, 3.8) is 0 Å². The number of nitrogens with one attached hydrogen (secondary N) is 1. The van der Waals surface area contributed by atoms with Crippen molar-refractivity contribution >= 4 is 16.9 Å². The molecule has 1 N–H and O–H groups in total. The molecular formula is C18H15N7O. The third kappa shape index (κ3) is 2.77. The molecule has 1 amide bonds. The van der Waals surface area contributed by atoms with E-state index in [1.165, 1.54) is 11.2 Å². The number of amides is 1. The number of aromatic nitrogens is 6. The van der Waals surface area contributed by atoms with Crippen molar-refractivity contribution in [1.82, 2.24) is 35.0 Å². The molecule has 0 spiro atoms. The summed E-state index contributed by atoms with van der Waals surface area (Å²) >= 11 is 0. The van der Waals surface area contributed by atoms with Gasteiger partial charge in [0.15, 0.2) is 5.65 Å². The van der Waals surface area contributed by atoms with Gasteiger partial charge in [-0.3, -0.25) is 19.9 Å². The topological polar surface area (TPSA) is 101 Å². The fraction of sp³-hybridized carbons (Fsp3) is 0.111. The molecule has 0 aliphatic rings. The van der Waals surface area contributed by atoms with E-state index in [1.54, 1.807) is 44.9 Å². The van der Waals surface area contributed by atoms with Crippen LogP contribution in [0.25, 0.3) is 33.5 Å². The molecule has 4 aromatic rings. The van der Waals surface area contributed by atoms with Gasteiger partial charge in [-0.25, -0.2) is 9.97 Å². The lowest BCUT2D eigenvalue weighted by molar-refractivity contribution is 0.0827. The minimum absolute atomic E-state index is 0.0843. The second kappa shape index (κ2) is 6.32. The normalized spacial score (nSPS) is 10.8. The standard InChI is InChI=1S/C18H15N7O/c1-25(2)18(26)11-3-4-15(21-8-11)12-5-13(7-19-6-12)16-14-9-20-10-22-17(14)24-23-16/h3-10H,1-2H3,(H,20,22,23,24). The Morgan fingerprint density at radius 1 is 1.00 bits per heavy atom. The van der Waals surface area contributed by atoms with E-state index >= 15 is 0 Å². The van der Waals surface area contributed by atoms with Crippen molar-refractivity contribution in [3.05, 3.63) is 54.9 Å². The summed E-state index contributed by atoms with van der Waals surface area (Å²) in [5.41, 5.74) is 4.33. The van der Waals surface area contributed by atoms with Crippen molar-refractivity contribution in [2.45, 2.75) is 0 Å². The maximum atomic E-state index is 12.0. The first-order chi connectivity index (χ1) is 12.6. The third-order valence-corrected chi connectivity index (χ3v) is 3.97. The summed E-state index contributed by atoms with van der Waals surface area (Å²) in [5, 5.41) is 8.03. The molecule has 0 bridgehead atoms. The summed E-state index contributed by atoms with van der Waals surface area (Å²) in [5.74, 6) is -0.0843. The quantitative estimate of drug-likeness (QED) is 0.611. The fourth-order valence-corrected chi connectivity index (χ4v) is 2.64. The van der Waals surface area contributed by atoms with Crippen LogP contribution in [0.5, 0.6) is 0 Å². The van der Waals surface area contributed by atoms with Crippen LogP contribution in [0.1, 0.15) is 10.4 Å². The molecule has 26 heavy (non-hydrogen) atoms. The van der Waals surface area contributed by atoms with E-state index in [0.717, 1.165) is 27.9 Å². The average Bonchev–Trinajstić information content (AvgIpc) is 3.12. The maximum absolute atomic E-state index is 12.0. The zero-order valence-electron chi connectivity index (χ0n) is 14.2. The number of carbonyl (C=O) groups is 1. The molecule has 8 nitrogen and oxygen atoms in total.